The summed E-state index contributed by atoms with van der Waals surface area (Å²) in [5.74, 6) is 1.80. The summed E-state index contributed by atoms with van der Waals surface area (Å²) in [6, 6.07) is 16.4. The molecular formula is C25H33N3O2. The standard InChI is InChI=1S/C25H33N3O2/c1-20-4-3-13-26(18-20)19-21-5-7-22(8-6-21)25(29)28-16-14-27(15-17-28)23-9-11-24(30-2)12-10-23/h5-12,20H,3-4,13-19H2,1-2H3. The number of likely N-dealkylation sites (tertiary alicyclic amines) is 1. The number of ether oxygens (including phenoxy) is 1. The molecule has 0 radical (unpaired) electrons. The summed E-state index contributed by atoms with van der Waals surface area (Å²) < 4.78 is 5.24. The fourth-order valence-electron chi connectivity index (χ4n) is 4.58. The zero-order valence-electron chi connectivity index (χ0n) is 18.2. The van der Waals surface area contributed by atoms with Crippen LogP contribution >= 0.6 is 0 Å². The lowest BCUT2D eigenvalue weighted by Crippen LogP contribution is -2.48. The largest absolute Gasteiger partial charge is 0.497 e. The Labute approximate surface area is 180 Å². The smallest absolute Gasteiger partial charge is 0.253 e. The number of nitrogens with zero attached hydrogens (tertiary/aromatic N) is 3. The van der Waals surface area contributed by atoms with Crippen molar-refractivity contribution >= 4 is 11.6 Å². The third-order valence-electron chi connectivity index (χ3n) is 6.35. The summed E-state index contributed by atoms with van der Waals surface area (Å²) in [4.78, 5) is 19.8. The van der Waals surface area contributed by atoms with E-state index in [-0.39, 0.29) is 5.91 Å². The minimum absolute atomic E-state index is 0.141. The predicted molar refractivity (Wildman–Crippen MR) is 121 cm³/mol. The predicted octanol–water partition coefficient (Wildman–Crippen LogP) is 3.89. The van der Waals surface area contributed by atoms with Crippen molar-refractivity contribution in [3.63, 3.8) is 0 Å². The van der Waals surface area contributed by atoms with Gasteiger partial charge in [-0.2, -0.15) is 0 Å². The van der Waals surface area contributed by atoms with Crippen LogP contribution in [0.25, 0.3) is 0 Å². The Morgan fingerprint density at radius 2 is 1.67 bits per heavy atom. The zero-order valence-corrected chi connectivity index (χ0v) is 18.2. The molecule has 4 rings (SSSR count). The summed E-state index contributed by atoms with van der Waals surface area (Å²) in [6.45, 7) is 8.88. The molecule has 0 aliphatic carbocycles. The van der Waals surface area contributed by atoms with E-state index in [1.807, 2.05) is 29.2 Å². The van der Waals surface area contributed by atoms with Gasteiger partial charge in [0, 0.05) is 50.5 Å². The number of carbonyl (C=O) groups is 1. The molecule has 2 aromatic rings. The molecule has 2 saturated heterocycles. The summed E-state index contributed by atoms with van der Waals surface area (Å²) in [5.41, 5.74) is 3.27. The Kier molecular flexibility index (Phi) is 6.58. The molecule has 2 aliphatic heterocycles. The van der Waals surface area contributed by atoms with Crippen LogP contribution in [0, 0.1) is 5.92 Å². The highest BCUT2D eigenvalue weighted by atomic mass is 16.5. The second-order valence-electron chi connectivity index (χ2n) is 8.66. The van der Waals surface area contributed by atoms with E-state index in [9.17, 15) is 4.79 Å². The molecule has 0 N–H and O–H groups in total. The number of benzene rings is 2. The molecule has 2 aliphatic rings. The summed E-state index contributed by atoms with van der Waals surface area (Å²) in [7, 11) is 1.68. The maximum atomic E-state index is 13.0. The average molecular weight is 408 g/mol. The molecule has 0 aromatic heterocycles. The molecule has 0 bridgehead atoms. The summed E-state index contributed by atoms with van der Waals surface area (Å²) >= 11 is 0. The van der Waals surface area contributed by atoms with E-state index in [1.54, 1.807) is 7.11 Å². The number of hydrogen-bond acceptors (Lipinski definition) is 4. The molecule has 0 spiro atoms. The van der Waals surface area contributed by atoms with Gasteiger partial charge in [-0.1, -0.05) is 19.1 Å². The van der Waals surface area contributed by atoms with Crippen LogP contribution in [0.4, 0.5) is 5.69 Å². The first-order valence-corrected chi connectivity index (χ1v) is 11.1. The molecule has 1 amide bonds. The van der Waals surface area contributed by atoms with Crippen LogP contribution in [0.3, 0.4) is 0 Å². The van der Waals surface area contributed by atoms with Crippen molar-refractivity contribution in [3.05, 3.63) is 59.7 Å². The maximum Gasteiger partial charge on any atom is 0.253 e. The van der Waals surface area contributed by atoms with Crippen molar-refractivity contribution in [2.24, 2.45) is 5.92 Å². The van der Waals surface area contributed by atoms with Crippen molar-refractivity contribution in [2.75, 3.05) is 51.3 Å². The van der Waals surface area contributed by atoms with Crippen molar-refractivity contribution in [1.29, 1.82) is 0 Å². The molecule has 2 heterocycles. The van der Waals surface area contributed by atoms with Crippen LogP contribution in [-0.4, -0.2) is 62.1 Å². The highest BCUT2D eigenvalue weighted by molar-refractivity contribution is 5.94. The van der Waals surface area contributed by atoms with Crippen LogP contribution in [0.1, 0.15) is 35.7 Å². The molecule has 30 heavy (non-hydrogen) atoms. The van der Waals surface area contributed by atoms with Gasteiger partial charge in [0.25, 0.3) is 5.91 Å². The van der Waals surface area contributed by atoms with E-state index < -0.39 is 0 Å². The fourth-order valence-corrected chi connectivity index (χ4v) is 4.58. The first-order valence-electron chi connectivity index (χ1n) is 11.1. The Bertz CT molecular complexity index is 826. The van der Waals surface area contributed by atoms with Crippen LogP contribution in [0.5, 0.6) is 5.75 Å². The van der Waals surface area contributed by atoms with Crippen LogP contribution in [0.15, 0.2) is 48.5 Å². The Balaban J connectivity index is 1.30. The van der Waals surface area contributed by atoms with Crippen LogP contribution < -0.4 is 9.64 Å². The number of methoxy groups -OCH3 is 1. The first-order chi connectivity index (χ1) is 14.6. The number of piperazine rings is 1. The van der Waals surface area contributed by atoms with Crippen LogP contribution in [0.2, 0.25) is 0 Å². The molecule has 2 aromatic carbocycles. The molecule has 0 saturated carbocycles. The van der Waals surface area contributed by atoms with Gasteiger partial charge in [-0.25, -0.2) is 0 Å². The van der Waals surface area contributed by atoms with Crippen molar-refractivity contribution in [1.82, 2.24) is 9.80 Å². The van der Waals surface area contributed by atoms with E-state index in [4.69, 9.17) is 4.74 Å². The van der Waals surface area contributed by atoms with Gasteiger partial charge in [-0.05, 0) is 67.3 Å². The number of anilines is 1. The van der Waals surface area contributed by atoms with Crippen molar-refractivity contribution in [3.8, 4) is 5.75 Å². The number of amides is 1. The minimum Gasteiger partial charge on any atom is -0.497 e. The summed E-state index contributed by atoms with van der Waals surface area (Å²) in [6.07, 6.45) is 2.63. The Hall–Kier alpha value is -2.53. The SMILES string of the molecule is COc1ccc(N2CCN(C(=O)c3ccc(CN4CCCC(C)C4)cc3)CC2)cc1. The van der Waals surface area contributed by atoms with Gasteiger partial charge in [0.2, 0.25) is 0 Å². The molecular weight excluding hydrogens is 374 g/mol. The van der Waals surface area contributed by atoms with Gasteiger partial charge in [0.15, 0.2) is 0 Å². The molecule has 5 heteroatoms. The van der Waals surface area contributed by atoms with Gasteiger partial charge >= 0.3 is 0 Å². The van der Waals surface area contributed by atoms with Gasteiger partial charge in [-0.15, -0.1) is 0 Å². The number of carbonyl (C=O) groups excluding carboxylic acids is 1. The molecule has 1 atom stereocenters. The second kappa shape index (κ2) is 9.52. The second-order valence-corrected chi connectivity index (χ2v) is 8.66. The maximum absolute atomic E-state index is 13.0. The Morgan fingerprint density at radius 1 is 0.967 bits per heavy atom. The molecule has 160 valence electrons. The van der Waals surface area contributed by atoms with E-state index in [0.717, 1.165) is 50.0 Å². The zero-order chi connectivity index (χ0) is 20.9. The lowest BCUT2D eigenvalue weighted by atomic mass is 9.99. The highest BCUT2D eigenvalue weighted by Crippen LogP contribution is 2.22. The minimum atomic E-state index is 0.141. The third kappa shape index (κ3) is 4.96. The Morgan fingerprint density at radius 3 is 2.30 bits per heavy atom. The first kappa shape index (κ1) is 20.7. The highest BCUT2D eigenvalue weighted by Gasteiger charge is 2.22. The van der Waals surface area contributed by atoms with E-state index >= 15 is 0 Å². The monoisotopic (exact) mass is 407 g/mol. The van der Waals surface area contributed by atoms with Crippen molar-refractivity contribution in [2.45, 2.75) is 26.3 Å². The normalized spacial score (nSPS) is 20.3. The summed E-state index contributed by atoms with van der Waals surface area (Å²) in [5, 5.41) is 0. The topological polar surface area (TPSA) is 36.0 Å². The fraction of sp³-hybridized carbons (Fsp3) is 0.480. The third-order valence-corrected chi connectivity index (χ3v) is 6.35. The number of piperidine rings is 1. The van der Waals surface area contributed by atoms with Crippen LogP contribution in [-0.2, 0) is 6.54 Å². The quantitative estimate of drug-likeness (QED) is 0.753. The van der Waals surface area contributed by atoms with E-state index in [1.165, 1.54) is 37.2 Å². The van der Waals surface area contributed by atoms with Gasteiger partial charge in [-0.3, -0.25) is 9.69 Å². The van der Waals surface area contributed by atoms with E-state index in [0.29, 0.717) is 0 Å². The average Bonchev–Trinajstić information content (AvgIpc) is 2.79. The lowest BCUT2D eigenvalue weighted by Gasteiger charge is -2.36. The molecule has 2 fully saturated rings. The molecule has 1 unspecified atom stereocenters. The number of rotatable bonds is 5. The lowest BCUT2D eigenvalue weighted by molar-refractivity contribution is 0.0747. The van der Waals surface area contributed by atoms with Gasteiger partial charge in [0.1, 0.15) is 5.75 Å². The van der Waals surface area contributed by atoms with Gasteiger partial charge in [0.05, 0.1) is 7.11 Å². The van der Waals surface area contributed by atoms with E-state index in [2.05, 4.69) is 41.0 Å². The van der Waals surface area contributed by atoms with Crippen molar-refractivity contribution < 1.29 is 9.53 Å². The molecule has 5 nitrogen and oxygen atoms in total. The van der Waals surface area contributed by atoms with Gasteiger partial charge < -0.3 is 14.5 Å². The number of hydrogen-bond donors (Lipinski definition) is 0.